The van der Waals surface area contributed by atoms with Crippen LogP contribution in [-0.4, -0.2) is 15.9 Å². The van der Waals surface area contributed by atoms with Gasteiger partial charge in [-0.15, -0.1) is 0 Å². The highest BCUT2D eigenvalue weighted by Gasteiger charge is 2.30. The summed E-state index contributed by atoms with van der Waals surface area (Å²) in [5.41, 5.74) is 9.07. The lowest BCUT2D eigenvalue weighted by atomic mass is 10.2. The smallest absolute Gasteiger partial charge is 0.365 e. The Bertz CT molecular complexity index is 768. The molecule has 0 unspecified atom stereocenters. The summed E-state index contributed by atoms with van der Waals surface area (Å²) in [7, 11) is 0. The lowest BCUT2D eigenvalue weighted by Gasteiger charge is -2.16. The molecule has 3 heterocycles. The second kappa shape index (κ2) is 3.61. The quantitative estimate of drug-likeness (QED) is 0.489. The average Bonchev–Trinajstić information content (AvgIpc) is 3.04. The lowest BCUT2D eigenvalue weighted by Crippen LogP contribution is -2.47. The average molecular weight is 253 g/mol. The topological polar surface area (TPSA) is 85.9 Å². The highest BCUT2D eigenvalue weighted by Crippen LogP contribution is 2.23. The fourth-order valence-electron chi connectivity index (χ4n) is 2.51. The van der Waals surface area contributed by atoms with Crippen molar-refractivity contribution in [3.8, 4) is 0 Å². The summed E-state index contributed by atoms with van der Waals surface area (Å²) in [5.74, 6) is 1.26. The van der Waals surface area contributed by atoms with Gasteiger partial charge in [-0.1, -0.05) is 12.1 Å². The van der Waals surface area contributed by atoms with Gasteiger partial charge >= 0.3 is 5.95 Å². The zero-order valence-corrected chi connectivity index (χ0v) is 10.1. The van der Waals surface area contributed by atoms with E-state index in [1.165, 1.54) is 0 Å². The number of nitrogens with two attached hydrogens (primary N) is 1. The minimum Gasteiger partial charge on any atom is -0.367 e. The van der Waals surface area contributed by atoms with E-state index in [1.54, 1.807) is 0 Å². The third kappa shape index (κ3) is 1.43. The number of rotatable bonds is 1. The number of anilines is 1. The number of benzene rings is 1. The number of H-pyrrole nitrogens is 2. The van der Waals surface area contributed by atoms with E-state index in [1.807, 2.05) is 36.7 Å². The molecule has 0 aliphatic carbocycles. The maximum Gasteiger partial charge on any atom is 0.365 e. The maximum atomic E-state index is 5.86. The predicted molar refractivity (Wildman–Crippen MR) is 72.7 cm³/mol. The van der Waals surface area contributed by atoms with Crippen molar-refractivity contribution in [1.29, 1.82) is 0 Å². The molecule has 94 valence electrons. The number of para-hydroxylation sites is 2. The molecule has 3 aromatic rings. The van der Waals surface area contributed by atoms with Gasteiger partial charge in [0.15, 0.2) is 0 Å². The molecule has 0 saturated carbocycles. The second-order valence-corrected chi connectivity index (χ2v) is 4.52. The van der Waals surface area contributed by atoms with E-state index in [2.05, 4.69) is 30.9 Å². The van der Waals surface area contributed by atoms with Crippen molar-refractivity contribution >= 4 is 22.9 Å². The van der Waals surface area contributed by atoms with Gasteiger partial charge in [0.2, 0.25) is 6.17 Å². The Morgan fingerprint density at radius 3 is 2.95 bits per heavy atom. The summed E-state index contributed by atoms with van der Waals surface area (Å²) in [6.07, 6.45) is 3.67. The second-order valence-electron chi connectivity index (χ2n) is 4.52. The van der Waals surface area contributed by atoms with Crippen LogP contribution in [0.1, 0.15) is 11.7 Å². The number of aromatic amines is 2. The van der Waals surface area contributed by atoms with E-state index in [0.717, 1.165) is 22.5 Å². The van der Waals surface area contributed by atoms with Gasteiger partial charge < -0.3 is 10.7 Å². The van der Waals surface area contributed by atoms with Gasteiger partial charge in [0.1, 0.15) is 11.0 Å². The van der Waals surface area contributed by atoms with Gasteiger partial charge in [-0.3, -0.25) is 0 Å². The molecule has 4 rings (SSSR count). The Balaban J connectivity index is 2.00. The molecule has 6 nitrogen and oxygen atoms in total. The molecule has 6 heteroatoms. The number of aromatic nitrogens is 3. The van der Waals surface area contributed by atoms with Crippen LogP contribution >= 0.6 is 0 Å². The number of hydrogen-bond acceptors (Lipinski definition) is 3. The van der Waals surface area contributed by atoms with Gasteiger partial charge in [0, 0.05) is 18.0 Å². The van der Waals surface area contributed by atoms with E-state index < -0.39 is 0 Å². The molecular weight excluding hydrogens is 240 g/mol. The molecule has 0 bridgehead atoms. The molecule has 1 aliphatic heterocycles. The first-order valence-corrected chi connectivity index (χ1v) is 6.08. The number of hydrogen-bond donors (Lipinski definition) is 4. The number of imidazole rings is 1. The Hall–Kier alpha value is -2.76. The molecule has 1 aromatic carbocycles. The fourth-order valence-corrected chi connectivity index (χ4v) is 2.51. The fraction of sp³-hybridized carbons (Fsp3) is 0.0769. The number of guanidine groups is 1. The molecule has 0 spiro atoms. The molecule has 0 saturated heterocycles. The zero-order valence-electron chi connectivity index (χ0n) is 10.1. The van der Waals surface area contributed by atoms with Crippen LogP contribution in [-0.2, 0) is 0 Å². The van der Waals surface area contributed by atoms with E-state index in [-0.39, 0.29) is 6.17 Å². The number of nitrogens with one attached hydrogen (secondary N) is 3. The largest absolute Gasteiger partial charge is 0.367 e. The third-order valence-corrected chi connectivity index (χ3v) is 3.33. The predicted octanol–water partition coefficient (Wildman–Crippen LogP) is 1.07. The van der Waals surface area contributed by atoms with E-state index in [4.69, 9.17) is 5.73 Å². The first kappa shape index (κ1) is 10.2. The van der Waals surface area contributed by atoms with Crippen LogP contribution in [0.4, 0.5) is 5.95 Å². The van der Waals surface area contributed by atoms with E-state index in [9.17, 15) is 0 Å². The Morgan fingerprint density at radius 2 is 2.11 bits per heavy atom. The summed E-state index contributed by atoms with van der Waals surface area (Å²) in [5, 5.41) is 3.07. The number of aliphatic imine (C=N–C) groups is 1. The van der Waals surface area contributed by atoms with Gasteiger partial charge in [-0.25, -0.2) is 14.9 Å². The molecule has 0 fully saturated rings. The van der Waals surface area contributed by atoms with Crippen molar-refractivity contribution in [2.24, 2.45) is 10.7 Å². The maximum absolute atomic E-state index is 5.86. The highest BCUT2D eigenvalue weighted by atomic mass is 15.4. The third-order valence-electron chi connectivity index (χ3n) is 3.33. The lowest BCUT2D eigenvalue weighted by molar-refractivity contribution is -0.674. The van der Waals surface area contributed by atoms with Crippen molar-refractivity contribution in [3.63, 3.8) is 0 Å². The molecule has 2 aromatic heterocycles. The van der Waals surface area contributed by atoms with Gasteiger partial charge in [-0.2, -0.15) is 4.99 Å². The van der Waals surface area contributed by atoms with Crippen LogP contribution in [0.3, 0.4) is 0 Å². The van der Waals surface area contributed by atoms with Crippen LogP contribution in [0, 0.1) is 0 Å². The van der Waals surface area contributed by atoms with E-state index >= 15 is 0 Å². The Kier molecular flexibility index (Phi) is 1.94. The van der Waals surface area contributed by atoms with E-state index in [0.29, 0.717) is 5.96 Å². The minimum absolute atomic E-state index is 0.154. The number of fused-ring (bicyclic) bond motifs is 3. The van der Waals surface area contributed by atoms with Crippen molar-refractivity contribution in [2.45, 2.75) is 6.17 Å². The summed E-state index contributed by atoms with van der Waals surface area (Å²) < 4.78 is 2.11. The Morgan fingerprint density at radius 1 is 1.21 bits per heavy atom. The van der Waals surface area contributed by atoms with Crippen molar-refractivity contribution < 1.29 is 4.57 Å². The minimum atomic E-state index is -0.154. The molecule has 0 amide bonds. The molecular formula is C13H13N6+. The first-order chi connectivity index (χ1) is 9.33. The first-order valence-electron chi connectivity index (χ1n) is 6.08. The standard InChI is InChI=1S/C13H12N6/c14-12-17-11(8-5-6-15-7-8)19-10-4-2-1-3-9(10)16-13(19)18-12/h1-7,11,15H,(H3,14,16,17,18)/p+1/t11-/m1/s1. The van der Waals surface area contributed by atoms with Crippen molar-refractivity contribution in [3.05, 3.63) is 48.3 Å². The summed E-state index contributed by atoms with van der Waals surface area (Å²) >= 11 is 0. The van der Waals surface area contributed by atoms with Crippen LogP contribution in [0.25, 0.3) is 11.0 Å². The van der Waals surface area contributed by atoms with Gasteiger partial charge in [-0.05, 0) is 18.2 Å². The van der Waals surface area contributed by atoms with Crippen molar-refractivity contribution in [1.82, 2.24) is 9.97 Å². The molecule has 5 N–H and O–H groups in total. The Labute approximate surface area is 109 Å². The molecule has 19 heavy (non-hydrogen) atoms. The highest BCUT2D eigenvalue weighted by molar-refractivity contribution is 5.92. The summed E-state index contributed by atoms with van der Waals surface area (Å²) in [4.78, 5) is 10.9. The van der Waals surface area contributed by atoms with Gasteiger partial charge in [0.05, 0.1) is 0 Å². The summed E-state index contributed by atoms with van der Waals surface area (Å²) in [6, 6.07) is 10.1. The van der Waals surface area contributed by atoms with Crippen LogP contribution < -0.4 is 15.6 Å². The van der Waals surface area contributed by atoms with Crippen LogP contribution in [0.15, 0.2) is 47.7 Å². The SMILES string of the molecule is NC1=N[C@@H](c2cc[nH]c2)[n+]2c([nH]c3ccccc32)N1. The normalized spacial score (nSPS) is 17.9. The monoisotopic (exact) mass is 253 g/mol. The molecule has 0 radical (unpaired) electrons. The molecule has 1 aliphatic rings. The van der Waals surface area contributed by atoms with Crippen LogP contribution in [0.5, 0.6) is 0 Å². The van der Waals surface area contributed by atoms with Crippen LogP contribution in [0.2, 0.25) is 0 Å². The molecule has 1 atom stereocenters. The summed E-state index contributed by atoms with van der Waals surface area (Å²) in [6.45, 7) is 0. The zero-order chi connectivity index (χ0) is 12.8. The van der Waals surface area contributed by atoms with Crippen molar-refractivity contribution in [2.75, 3.05) is 5.32 Å². The number of nitrogens with zero attached hydrogens (tertiary/aromatic N) is 2. The van der Waals surface area contributed by atoms with Gasteiger partial charge in [0.25, 0.3) is 5.96 Å².